The normalized spacial score (nSPS) is 12.5. The van der Waals surface area contributed by atoms with Gasteiger partial charge in [-0.1, -0.05) is 126 Å². The molecular formula is C26H42O2. The van der Waals surface area contributed by atoms with E-state index < -0.39 is 0 Å². The van der Waals surface area contributed by atoms with Crippen molar-refractivity contribution in [3.63, 3.8) is 0 Å². The molecule has 0 aromatic rings. The van der Waals surface area contributed by atoms with E-state index in [2.05, 4.69) is 25.2 Å². The summed E-state index contributed by atoms with van der Waals surface area (Å²) in [7, 11) is 0. The first-order chi connectivity index (χ1) is 13.8. The Bertz CT molecular complexity index is 481. The molecule has 0 bridgehead atoms. The van der Waals surface area contributed by atoms with Crippen molar-refractivity contribution in [2.75, 3.05) is 6.61 Å². The maximum atomic E-state index is 11.1. The number of ether oxygens (including phenoxy) is 1. The van der Waals surface area contributed by atoms with Crippen LogP contribution in [0.5, 0.6) is 0 Å². The smallest absolute Gasteiger partial charge is 0.330 e. The van der Waals surface area contributed by atoms with Gasteiger partial charge < -0.3 is 4.74 Å². The Morgan fingerprint density at radius 3 is 1.61 bits per heavy atom. The minimum absolute atomic E-state index is 0.307. The third kappa shape index (κ3) is 22.2. The summed E-state index contributed by atoms with van der Waals surface area (Å²) in [4.78, 5) is 11.1. The molecule has 0 rings (SSSR count). The summed E-state index contributed by atoms with van der Waals surface area (Å²) in [6, 6.07) is 0. The lowest BCUT2D eigenvalue weighted by Gasteiger charge is -2.01. The standard InChI is InChI=1S/C26H42O2/c1-3-5-6-7-8-9-10-11-12-13-14-15-16-17-18-19-20-21-22-23-24-25-26(27)28-4-2/h16-25H,3-15H2,1-2H3/b17-16+,19-18+,21-20+,23-22+,25-24+. The van der Waals surface area contributed by atoms with Gasteiger partial charge in [-0.25, -0.2) is 4.79 Å². The zero-order valence-corrected chi connectivity index (χ0v) is 18.3. The second-order valence-electron chi connectivity index (χ2n) is 7.02. The highest BCUT2D eigenvalue weighted by Crippen LogP contribution is 2.11. The summed E-state index contributed by atoms with van der Waals surface area (Å²) < 4.78 is 4.79. The van der Waals surface area contributed by atoms with Crippen LogP contribution in [0.15, 0.2) is 60.8 Å². The summed E-state index contributed by atoms with van der Waals surface area (Å²) in [5, 5.41) is 0. The molecule has 0 N–H and O–H groups in total. The fourth-order valence-corrected chi connectivity index (χ4v) is 2.81. The van der Waals surface area contributed by atoms with Gasteiger partial charge in [0.15, 0.2) is 0 Å². The zero-order chi connectivity index (χ0) is 20.5. The van der Waals surface area contributed by atoms with Crippen molar-refractivity contribution >= 4 is 5.97 Å². The average Bonchev–Trinajstić information content (AvgIpc) is 2.69. The van der Waals surface area contributed by atoms with Crippen LogP contribution < -0.4 is 0 Å². The van der Waals surface area contributed by atoms with Crippen LogP contribution in [0.25, 0.3) is 0 Å². The highest BCUT2D eigenvalue weighted by Gasteiger charge is 1.92. The minimum Gasteiger partial charge on any atom is -0.463 e. The lowest BCUT2D eigenvalue weighted by molar-refractivity contribution is -0.137. The molecule has 0 heterocycles. The summed E-state index contributed by atoms with van der Waals surface area (Å²) >= 11 is 0. The Balaban J connectivity index is 3.46. The van der Waals surface area contributed by atoms with Crippen LogP contribution >= 0.6 is 0 Å². The third-order valence-corrected chi connectivity index (χ3v) is 4.41. The molecule has 28 heavy (non-hydrogen) atoms. The molecule has 0 aliphatic heterocycles. The third-order valence-electron chi connectivity index (χ3n) is 4.41. The first-order valence-corrected chi connectivity index (χ1v) is 11.3. The fourth-order valence-electron chi connectivity index (χ4n) is 2.81. The highest BCUT2D eigenvalue weighted by molar-refractivity contribution is 5.82. The molecule has 0 spiro atoms. The lowest BCUT2D eigenvalue weighted by Crippen LogP contribution is -1.98. The van der Waals surface area contributed by atoms with Gasteiger partial charge in [0.2, 0.25) is 0 Å². The number of rotatable bonds is 18. The van der Waals surface area contributed by atoms with Crippen LogP contribution in [0.3, 0.4) is 0 Å². The first kappa shape index (κ1) is 26.2. The van der Waals surface area contributed by atoms with E-state index in [0.29, 0.717) is 6.61 Å². The van der Waals surface area contributed by atoms with E-state index >= 15 is 0 Å². The van der Waals surface area contributed by atoms with Gasteiger partial charge in [-0.3, -0.25) is 0 Å². The van der Waals surface area contributed by atoms with Crippen molar-refractivity contribution in [1.29, 1.82) is 0 Å². The number of carbonyl (C=O) groups excluding carboxylic acids is 1. The van der Waals surface area contributed by atoms with Crippen LogP contribution in [-0.2, 0) is 9.53 Å². The van der Waals surface area contributed by atoms with Gasteiger partial charge in [-0.15, -0.1) is 0 Å². The largest absolute Gasteiger partial charge is 0.463 e. The number of hydrogen-bond acceptors (Lipinski definition) is 2. The molecule has 0 amide bonds. The van der Waals surface area contributed by atoms with Gasteiger partial charge in [0.1, 0.15) is 0 Å². The van der Waals surface area contributed by atoms with Crippen LogP contribution in [-0.4, -0.2) is 12.6 Å². The molecule has 0 aromatic carbocycles. The van der Waals surface area contributed by atoms with Crippen molar-refractivity contribution < 1.29 is 9.53 Å². The minimum atomic E-state index is -0.307. The van der Waals surface area contributed by atoms with Crippen molar-refractivity contribution in [2.45, 2.75) is 90.9 Å². The maximum Gasteiger partial charge on any atom is 0.330 e. The van der Waals surface area contributed by atoms with Crippen molar-refractivity contribution in [2.24, 2.45) is 0 Å². The highest BCUT2D eigenvalue weighted by atomic mass is 16.5. The van der Waals surface area contributed by atoms with Crippen molar-refractivity contribution in [3.8, 4) is 0 Å². The Hall–Kier alpha value is -1.83. The monoisotopic (exact) mass is 386 g/mol. The molecule has 0 saturated carbocycles. The Kier molecular flexibility index (Phi) is 21.7. The molecule has 0 aromatic heterocycles. The topological polar surface area (TPSA) is 26.3 Å². The van der Waals surface area contributed by atoms with Gasteiger partial charge in [-0.2, -0.15) is 0 Å². The zero-order valence-electron chi connectivity index (χ0n) is 18.3. The van der Waals surface area contributed by atoms with E-state index in [4.69, 9.17) is 4.74 Å². The quantitative estimate of drug-likeness (QED) is 0.103. The second-order valence-corrected chi connectivity index (χ2v) is 7.02. The average molecular weight is 387 g/mol. The van der Waals surface area contributed by atoms with Gasteiger partial charge in [0, 0.05) is 6.08 Å². The number of allylic oxidation sites excluding steroid dienone is 9. The molecule has 0 aliphatic rings. The maximum absolute atomic E-state index is 11.1. The lowest BCUT2D eigenvalue weighted by atomic mass is 10.1. The Labute approximate surface area is 174 Å². The molecule has 0 aliphatic carbocycles. The van der Waals surface area contributed by atoms with Crippen LogP contribution in [0, 0.1) is 0 Å². The Morgan fingerprint density at radius 2 is 1.07 bits per heavy atom. The van der Waals surface area contributed by atoms with Crippen LogP contribution in [0.4, 0.5) is 0 Å². The molecule has 0 atom stereocenters. The summed E-state index contributed by atoms with van der Waals surface area (Å²) in [6.07, 6.45) is 35.6. The van der Waals surface area contributed by atoms with E-state index in [9.17, 15) is 4.79 Å². The van der Waals surface area contributed by atoms with Gasteiger partial charge >= 0.3 is 5.97 Å². The molecule has 0 radical (unpaired) electrons. The van der Waals surface area contributed by atoms with Crippen molar-refractivity contribution in [3.05, 3.63) is 60.8 Å². The summed E-state index contributed by atoms with van der Waals surface area (Å²) in [5.74, 6) is -0.307. The molecule has 2 heteroatoms. The van der Waals surface area contributed by atoms with Crippen molar-refractivity contribution in [1.82, 2.24) is 0 Å². The Morgan fingerprint density at radius 1 is 0.607 bits per heavy atom. The van der Waals surface area contributed by atoms with E-state index in [0.717, 1.165) is 0 Å². The molecular weight excluding hydrogens is 344 g/mol. The van der Waals surface area contributed by atoms with Gasteiger partial charge in [-0.05, 0) is 19.8 Å². The fraction of sp³-hybridized carbons (Fsp3) is 0.577. The number of unbranched alkanes of at least 4 members (excludes halogenated alkanes) is 11. The number of esters is 1. The molecule has 2 nitrogen and oxygen atoms in total. The number of carbonyl (C=O) groups is 1. The first-order valence-electron chi connectivity index (χ1n) is 11.3. The van der Waals surface area contributed by atoms with Gasteiger partial charge in [0.05, 0.1) is 6.61 Å². The molecule has 0 unspecified atom stereocenters. The summed E-state index contributed by atoms with van der Waals surface area (Å²) in [6.45, 7) is 4.48. The van der Waals surface area contributed by atoms with E-state index in [-0.39, 0.29) is 5.97 Å². The van der Waals surface area contributed by atoms with E-state index in [1.807, 2.05) is 30.4 Å². The number of hydrogen-bond donors (Lipinski definition) is 0. The van der Waals surface area contributed by atoms with E-state index in [1.165, 1.54) is 83.1 Å². The summed E-state index contributed by atoms with van der Waals surface area (Å²) in [5.41, 5.74) is 0. The SMILES string of the molecule is CCCCCCCCCCCCC/C=C/C=C/C=C/C=C/C=C/C(=O)OCC. The molecule has 0 fully saturated rings. The predicted molar refractivity (Wildman–Crippen MR) is 123 cm³/mol. The second kappa shape index (κ2) is 23.2. The van der Waals surface area contributed by atoms with Crippen LogP contribution in [0.2, 0.25) is 0 Å². The molecule has 0 saturated heterocycles. The van der Waals surface area contributed by atoms with E-state index in [1.54, 1.807) is 13.0 Å². The predicted octanol–water partition coefficient (Wildman–Crippen LogP) is 8.03. The molecule has 158 valence electrons. The van der Waals surface area contributed by atoms with Crippen LogP contribution in [0.1, 0.15) is 90.9 Å². The van der Waals surface area contributed by atoms with Gasteiger partial charge in [0.25, 0.3) is 0 Å².